The summed E-state index contributed by atoms with van der Waals surface area (Å²) >= 11 is 1.72. The predicted molar refractivity (Wildman–Crippen MR) is 87.0 cm³/mol. The number of rotatable bonds is 6. The van der Waals surface area contributed by atoms with E-state index in [1.54, 1.807) is 17.5 Å². The monoisotopic (exact) mass is 302 g/mol. The lowest BCUT2D eigenvalue weighted by Crippen LogP contribution is -2.19. The molecule has 3 aromatic rings. The second-order valence-electron chi connectivity index (χ2n) is 4.94. The van der Waals surface area contributed by atoms with Crippen molar-refractivity contribution in [2.75, 3.05) is 17.2 Å². The van der Waals surface area contributed by atoms with Crippen LogP contribution in [0.15, 0.2) is 23.0 Å². The maximum atomic E-state index is 4.54. The van der Waals surface area contributed by atoms with Gasteiger partial charge in [-0.15, -0.1) is 0 Å². The quantitative estimate of drug-likeness (QED) is 0.652. The molecule has 0 spiro atoms. The highest BCUT2D eigenvalue weighted by molar-refractivity contribution is 7.07. The maximum Gasteiger partial charge on any atom is 0.226 e. The molecule has 0 aliphatic heterocycles. The first kappa shape index (κ1) is 13.8. The van der Waals surface area contributed by atoms with E-state index in [1.807, 2.05) is 6.92 Å². The van der Waals surface area contributed by atoms with Crippen LogP contribution >= 0.6 is 11.3 Å². The van der Waals surface area contributed by atoms with Crippen molar-refractivity contribution in [1.29, 1.82) is 0 Å². The van der Waals surface area contributed by atoms with E-state index < -0.39 is 0 Å². The summed E-state index contributed by atoms with van der Waals surface area (Å²) in [6, 6.07) is 2.43. The van der Waals surface area contributed by atoms with E-state index in [4.69, 9.17) is 0 Å². The van der Waals surface area contributed by atoms with Crippen LogP contribution in [0.3, 0.4) is 0 Å². The Hall–Kier alpha value is -2.15. The summed E-state index contributed by atoms with van der Waals surface area (Å²) in [7, 11) is 0. The second-order valence-corrected chi connectivity index (χ2v) is 5.72. The zero-order valence-electron chi connectivity index (χ0n) is 12.1. The number of nitrogens with zero attached hydrogens (tertiary/aromatic N) is 3. The lowest BCUT2D eigenvalue weighted by atomic mass is 10.1. The number of hydrogen-bond donors (Lipinski definition) is 3. The van der Waals surface area contributed by atoms with Crippen molar-refractivity contribution in [2.24, 2.45) is 0 Å². The number of thiophene rings is 1. The summed E-state index contributed by atoms with van der Waals surface area (Å²) < 4.78 is 0. The van der Waals surface area contributed by atoms with Crippen molar-refractivity contribution in [3.63, 3.8) is 0 Å². The van der Waals surface area contributed by atoms with Crippen LogP contribution in [0.25, 0.3) is 11.0 Å². The molecule has 1 atom stereocenters. The van der Waals surface area contributed by atoms with Crippen LogP contribution in [0, 0.1) is 0 Å². The van der Waals surface area contributed by atoms with E-state index in [-0.39, 0.29) is 6.04 Å². The van der Waals surface area contributed by atoms with Crippen molar-refractivity contribution < 1.29 is 0 Å². The number of H-pyrrole nitrogens is 1. The third kappa shape index (κ3) is 3.13. The molecule has 0 amide bonds. The Labute approximate surface area is 127 Å². The van der Waals surface area contributed by atoms with Crippen molar-refractivity contribution in [2.45, 2.75) is 26.3 Å². The smallest absolute Gasteiger partial charge is 0.226 e. The standard InChI is InChI=1S/C14H18N6S/c1-3-15-14-18-12(11-7-16-20-13(11)19-14)17-9(2)6-10-4-5-21-8-10/h4-5,7-9H,3,6H2,1-2H3,(H3,15,16,17,18,19,20). The molecule has 0 saturated heterocycles. The van der Waals surface area contributed by atoms with Gasteiger partial charge in [0.05, 0.1) is 11.6 Å². The summed E-state index contributed by atoms with van der Waals surface area (Å²) in [6.45, 7) is 4.95. The van der Waals surface area contributed by atoms with Gasteiger partial charge in [-0.3, -0.25) is 5.10 Å². The molecule has 0 fully saturated rings. The van der Waals surface area contributed by atoms with Gasteiger partial charge in [0.25, 0.3) is 0 Å². The highest BCUT2D eigenvalue weighted by Gasteiger charge is 2.12. The van der Waals surface area contributed by atoms with E-state index >= 15 is 0 Å². The highest BCUT2D eigenvalue weighted by atomic mass is 32.1. The fraction of sp³-hybridized carbons (Fsp3) is 0.357. The SMILES string of the molecule is CCNc1nc(NC(C)Cc2ccsc2)c2cn[nH]c2n1. The largest absolute Gasteiger partial charge is 0.367 e. The van der Waals surface area contributed by atoms with E-state index in [1.165, 1.54) is 5.56 Å². The first-order valence-corrected chi connectivity index (χ1v) is 7.93. The molecule has 21 heavy (non-hydrogen) atoms. The lowest BCUT2D eigenvalue weighted by Gasteiger charge is -2.15. The molecular formula is C14H18N6S. The molecule has 3 rings (SSSR count). The minimum absolute atomic E-state index is 0.280. The summed E-state index contributed by atoms with van der Waals surface area (Å²) in [5, 5.41) is 18.7. The van der Waals surface area contributed by atoms with Gasteiger partial charge in [0.15, 0.2) is 5.65 Å². The molecule has 0 bridgehead atoms. The fourth-order valence-corrected chi connectivity index (χ4v) is 2.91. The molecule has 110 valence electrons. The van der Waals surface area contributed by atoms with Crippen LogP contribution in [-0.2, 0) is 6.42 Å². The summed E-state index contributed by atoms with van der Waals surface area (Å²) in [5.41, 5.74) is 2.08. The van der Waals surface area contributed by atoms with Crippen molar-refractivity contribution in [3.05, 3.63) is 28.6 Å². The Morgan fingerprint density at radius 2 is 2.29 bits per heavy atom. The number of nitrogens with one attached hydrogen (secondary N) is 3. The summed E-state index contributed by atoms with van der Waals surface area (Å²) in [4.78, 5) is 8.93. The molecule has 0 saturated carbocycles. The first-order valence-electron chi connectivity index (χ1n) is 6.99. The van der Waals surface area contributed by atoms with Gasteiger partial charge in [-0.25, -0.2) is 0 Å². The third-order valence-corrected chi connectivity index (χ3v) is 3.88. The zero-order chi connectivity index (χ0) is 14.7. The van der Waals surface area contributed by atoms with Crippen LogP contribution in [0.1, 0.15) is 19.4 Å². The Bertz CT molecular complexity index is 705. The second kappa shape index (κ2) is 6.09. The Morgan fingerprint density at radius 1 is 1.38 bits per heavy atom. The number of anilines is 2. The van der Waals surface area contributed by atoms with Gasteiger partial charge in [0.2, 0.25) is 5.95 Å². The van der Waals surface area contributed by atoms with Crippen molar-refractivity contribution in [1.82, 2.24) is 20.2 Å². The number of hydrogen-bond acceptors (Lipinski definition) is 6. The van der Waals surface area contributed by atoms with Gasteiger partial charge >= 0.3 is 0 Å². The van der Waals surface area contributed by atoms with E-state index in [2.05, 4.69) is 54.5 Å². The van der Waals surface area contributed by atoms with Crippen LogP contribution in [0.2, 0.25) is 0 Å². The van der Waals surface area contributed by atoms with E-state index in [0.717, 1.165) is 29.8 Å². The summed E-state index contributed by atoms with van der Waals surface area (Å²) in [5.74, 6) is 1.42. The van der Waals surface area contributed by atoms with Crippen molar-refractivity contribution in [3.8, 4) is 0 Å². The Balaban J connectivity index is 1.83. The van der Waals surface area contributed by atoms with Gasteiger partial charge in [-0.1, -0.05) is 0 Å². The zero-order valence-corrected chi connectivity index (χ0v) is 12.9. The molecule has 3 N–H and O–H groups in total. The van der Waals surface area contributed by atoms with Gasteiger partial charge < -0.3 is 10.6 Å². The number of aromatic amines is 1. The van der Waals surface area contributed by atoms with Gasteiger partial charge in [-0.05, 0) is 42.7 Å². The molecule has 0 aromatic carbocycles. The number of fused-ring (bicyclic) bond motifs is 1. The Morgan fingerprint density at radius 3 is 3.05 bits per heavy atom. The van der Waals surface area contributed by atoms with Crippen molar-refractivity contribution >= 4 is 34.1 Å². The normalized spacial score (nSPS) is 12.5. The van der Waals surface area contributed by atoms with Crippen LogP contribution < -0.4 is 10.6 Å². The molecule has 7 heteroatoms. The van der Waals surface area contributed by atoms with Crippen LogP contribution in [0.5, 0.6) is 0 Å². The average molecular weight is 302 g/mol. The van der Waals surface area contributed by atoms with Crippen LogP contribution in [0.4, 0.5) is 11.8 Å². The highest BCUT2D eigenvalue weighted by Crippen LogP contribution is 2.21. The predicted octanol–water partition coefficient (Wildman–Crippen LogP) is 2.89. The molecule has 0 aliphatic carbocycles. The average Bonchev–Trinajstić information content (AvgIpc) is 3.09. The van der Waals surface area contributed by atoms with Gasteiger partial charge in [-0.2, -0.15) is 26.4 Å². The molecular weight excluding hydrogens is 284 g/mol. The molecule has 0 radical (unpaired) electrons. The molecule has 1 unspecified atom stereocenters. The lowest BCUT2D eigenvalue weighted by molar-refractivity contribution is 0.788. The van der Waals surface area contributed by atoms with Gasteiger partial charge in [0, 0.05) is 12.6 Å². The van der Waals surface area contributed by atoms with Gasteiger partial charge in [0.1, 0.15) is 5.82 Å². The summed E-state index contributed by atoms with van der Waals surface area (Å²) in [6.07, 6.45) is 2.72. The van der Waals surface area contributed by atoms with E-state index in [9.17, 15) is 0 Å². The topological polar surface area (TPSA) is 78.5 Å². The van der Waals surface area contributed by atoms with E-state index in [0.29, 0.717) is 5.95 Å². The molecule has 6 nitrogen and oxygen atoms in total. The molecule has 0 aliphatic rings. The minimum Gasteiger partial charge on any atom is -0.367 e. The minimum atomic E-state index is 0.280. The fourth-order valence-electron chi connectivity index (χ4n) is 2.23. The maximum absolute atomic E-state index is 4.54. The number of aromatic nitrogens is 4. The molecule has 3 aromatic heterocycles. The Kier molecular flexibility index (Phi) is 4.01. The van der Waals surface area contributed by atoms with Crippen LogP contribution in [-0.4, -0.2) is 32.8 Å². The first-order chi connectivity index (χ1) is 10.3. The third-order valence-electron chi connectivity index (χ3n) is 3.15. The molecule has 3 heterocycles.